The summed E-state index contributed by atoms with van der Waals surface area (Å²) in [5.41, 5.74) is 1.91. The number of hydrogen-bond acceptors (Lipinski definition) is 2. The first kappa shape index (κ1) is 12.6. The quantitative estimate of drug-likeness (QED) is 0.567. The maximum atomic E-state index is 5.75. The van der Waals surface area contributed by atoms with Gasteiger partial charge in [0.15, 0.2) is 0 Å². The molecule has 0 aliphatic heterocycles. The van der Waals surface area contributed by atoms with Crippen LogP contribution in [0, 0.1) is 6.92 Å². The Balaban J connectivity index is 2.53. The molecule has 0 bridgehead atoms. The molecule has 4 heteroatoms. The molecule has 0 saturated carbocycles. The van der Waals surface area contributed by atoms with Crippen LogP contribution < -0.4 is 4.74 Å². The fourth-order valence-electron chi connectivity index (χ4n) is 1.23. The third-order valence-electron chi connectivity index (χ3n) is 2.17. The Hall–Kier alpha value is -0.470. The van der Waals surface area contributed by atoms with Gasteiger partial charge in [0, 0.05) is 17.6 Å². The highest BCUT2D eigenvalue weighted by Crippen LogP contribution is 2.20. The summed E-state index contributed by atoms with van der Waals surface area (Å²) in [6.07, 6.45) is 3.68. The van der Waals surface area contributed by atoms with Crippen LogP contribution in [-0.2, 0) is 5.88 Å². The Morgan fingerprint density at radius 2 is 2.13 bits per heavy atom. The van der Waals surface area contributed by atoms with Crippen molar-refractivity contribution in [3.8, 4) is 5.75 Å². The van der Waals surface area contributed by atoms with E-state index in [4.69, 9.17) is 27.9 Å². The Kier molecular flexibility index (Phi) is 5.81. The van der Waals surface area contributed by atoms with Crippen LogP contribution in [-0.4, -0.2) is 17.5 Å². The van der Waals surface area contributed by atoms with Gasteiger partial charge in [0.2, 0.25) is 0 Å². The van der Waals surface area contributed by atoms with Gasteiger partial charge in [0.05, 0.1) is 18.2 Å². The number of unbranched alkanes of at least 4 members (excludes halogenated alkanes) is 1. The maximum absolute atomic E-state index is 5.75. The average Bonchev–Trinajstić information content (AvgIpc) is 2.26. The van der Waals surface area contributed by atoms with Crippen LogP contribution in [0.4, 0.5) is 0 Å². The van der Waals surface area contributed by atoms with Crippen molar-refractivity contribution in [3.63, 3.8) is 0 Å². The van der Waals surface area contributed by atoms with Gasteiger partial charge in [0.25, 0.3) is 0 Å². The number of aromatic nitrogens is 1. The smallest absolute Gasteiger partial charge is 0.125 e. The van der Waals surface area contributed by atoms with Crippen molar-refractivity contribution in [1.82, 2.24) is 4.98 Å². The van der Waals surface area contributed by atoms with E-state index >= 15 is 0 Å². The van der Waals surface area contributed by atoms with Gasteiger partial charge in [-0.3, -0.25) is 4.98 Å². The molecule has 1 heterocycles. The molecule has 2 nitrogen and oxygen atoms in total. The van der Waals surface area contributed by atoms with Crippen LogP contribution >= 0.6 is 23.2 Å². The van der Waals surface area contributed by atoms with E-state index in [9.17, 15) is 0 Å². The van der Waals surface area contributed by atoms with E-state index in [1.807, 2.05) is 13.0 Å². The Bertz CT molecular complexity index is 305. The van der Waals surface area contributed by atoms with Crippen molar-refractivity contribution >= 4 is 23.2 Å². The molecule has 0 saturated heterocycles. The highest BCUT2D eigenvalue weighted by Gasteiger charge is 2.04. The number of alkyl halides is 2. The molecule has 0 aliphatic rings. The summed E-state index contributed by atoms with van der Waals surface area (Å²) in [5, 5.41) is 0. The predicted molar refractivity (Wildman–Crippen MR) is 64.0 cm³/mol. The van der Waals surface area contributed by atoms with E-state index < -0.39 is 0 Å². The Labute approximate surface area is 101 Å². The minimum Gasteiger partial charge on any atom is -0.493 e. The fraction of sp³-hybridized carbons (Fsp3) is 0.545. The number of pyridine rings is 1. The second-order valence-electron chi connectivity index (χ2n) is 3.26. The third-order valence-corrected chi connectivity index (χ3v) is 2.69. The molecule has 0 fully saturated rings. The van der Waals surface area contributed by atoms with E-state index in [0.717, 1.165) is 29.8 Å². The zero-order valence-corrected chi connectivity index (χ0v) is 10.3. The largest absolute Gasteiger partial charge is 0.493 e. The minimum absolute atomic E-state index is 0.421. The third kappa shape index (κ3) is 3.88. The van der Waals surface area contributed by atoms with Crippen molar-refractivity contribution in [2.75, 3.05) is 12.5 Å². The first-order valence-electron chi connectivity index (χ1n) is 4.98. The number of ether oxygens (including phenoxy) is 1. The second kappa shape index (κ2) is 6.91. The van der Waals surface area contributed by atoms with Crippen molar-refractivity contribution in [3.05, 3.63) is 23.5 Å². The van der Waals surface area contributed by atoms with Gasteiger partial charge in [0.1, 0.15) is 5.75 Å². The number of halogens is 2. The summed E-state index contributed by atoms with van der Waals surface area (Å²) in [7, 11) is 0. The molecular weight excluding hydrogens is 233 g/mol. The SMILES string of the molecule is Cc1c(OCCCCCl)ccnc1CCl. The first-order valence-corrected chi connectivity index (χ1v) is 6.05. The van der Waals surface area contributed by atoms with Gasteiger partial charge >= 0.3 is 0 Å². The van der Waals surface area contributed by atoms with E-state index in [1.54, 1.807) is 6.20 Å². The highest BCUT2D eigenvalue weighted by atomic mass is 35.5. The first-order chi connectivity index (χ1) is 7.29. The molecule has 0 radical (unpaired) electrons. The Morgan fingerprint density at radius 3 is 2.80 bits per heavy atom. The molecule has 0 unspecified atom stereocenters. The van der Waals surface area contributed by atoms with Crippen molar-refractivity contribution in [1.29, 1.82) is 0 Å². The van der Waals surface area contributed by atoms with Crippen molar-refractivity contribution in [2.24, 2.45) is 0 Å². The number of rotatable bonds is 6. The number of nitrogens with zero attached hydrogens (tertiary/aromatic N) is 1. The van der Waals surface area contributed by atoms with Crippen molar-refractivity contribution in [2.45, 2.75) is 25.6 Å². The van der Waals surface area contributed by atoms with Gasteiger partial charge in [-0.25, -0.2) is 0 Å². The summed E-state index contributed by atoms with van der Waals surface area (Å²) in [6, 6.07) is 1.87. The van der Waals surface area contributed by atoms with Gasteiger partial charge in [-0.15, -0.1) is 23.2 Å². The zero-order valence-electron chi connectivity index (χ0n) is 8.80. The van der Waals surface area contributed by atoms with Gasteiger partial charge in [-0.05, 0) is 25.8 Å². The predicted octanol–water partition coefficient (Wildman–Crippen LogP) is 3.53. The summed E-state index contributed by atoms with van der Waals surface area (Å²) in [4.78, 5) is 4.17. The lowest BCUT2D eigenvalue weighted by molar-refractivity contribution is 0.307. The molecule has 0 aliphatic carbocycles. The van der Waals surface area contributed by atoms with E-state index in [1.165, 1.54) is 0 Å². The van der Waals surface area contributed by atoms with Crippen LogP contribution in [0.5, 0.6) is 5.75 Å². The molecule has 0 N–H and O–H groups in total. The molecule has 15 heavy (non-hydrogen) atoms. The highest BCUT2D eigenvalue weighted by molar-refractivity contribution is 6.17. The zero-order chi connectivity index (χ0) is 11.1. The Morgan fingerprint density at radius 1 is 1.33 bits per heavy atom. The lowest BCUT2D eigenvalue weighted by Crippen LogP contribution is -2.01. The van der Waals surface area contributed by atoms with Crippen LogP contribution in [0.2, 0.25) is 0 Å². The lowest BCUT2D eigenvalue weighted by Gasteiger charge is -2.10. The minimum atomic E-state index is 0.421. The van der Waals surface area contributed by atoms with Crippen LogP contribution in [0.25, 0.3) is 0 Å². The van der Waals surface area contributed by atoms with E-state index in [0.29, 0.717) is 18.4 Å². The molecule has 84 valence electrons. The van der Waals surface area contributed by atoms with E-state index in [-0.39, 0.29) is 0 Å². The molecule has 1 aromatic heterocycles. The standard InChI is InChI=1S/C11H15Cl2NO/c1-9-10(8-13)14-6-4-11(9)15-7-3-2-5-12/h4,6H,2-3,5,7-8H2,1H3. The summed E-state index contributed by atoms with van der Waals surface area (Å²) in [5.74, 6) is 1.98. The van der Waals surface area contributed by atoms with Gasteiger partial charge in [-0.1, -0.05) is 0 Å². The molecular formula is C11H15Cl2NO. The van der Waals surface area contributed by atoms with E-state index in [2.05, 4.69) is 4.98 Å². The second-order valence-corrected chi connectivity index (χ2v) is 3.90. The molecule has 0 amide bonds. The molecule has 0 atom stereocenters. The van der Waals surface area contributed by atoms with Crippen LogP contribution in [0.1, 0.15) is 24.1 Å². The maximum Gasteiger partial charge on any atom is 0.125 e. The topological polar surface area (TPSA) is 22.1 Å². The van der Waals surface area contributed by atoms with Gasteiger partial charge < -0.3 is 4.74 Å². The lowest BCUT2D eigenvalue weighted by atomic mass is 10.2. The molecule has 0 aromatic carbocycles. The molecule has 1 rings (SSSR count). The summed E-state index contributed by atoms with van der Waals surface area (Å²) < 4.78 is 5.62. The normalized spacial score (nSPS) is 10.3. The average molecular weight is 248 g/mol. The molecule has 1 aromatic rings. The van der Waals surface area contributed by atoms with Crippen LogP contribution in [0.15, 0.2) is 12.3 Å². The van der Waals surface area contributed by atoms with Gasteiger partial charge in [-0.2, -0.15) is 0 Å². The number of hydrogen-bond donors (Lipinski definition) is 0. The summed E-state index contributed by atoms with van der Waals surface area (Å²) >= 11 is 11.3. The monoisotopic (exact) mass is 247 g/mol. The van der Waals surface area contributed by atoms with Crippen molar-refractivity contribution < 1.29 is 4.74 Å². The van der Waals surface area contributed by atoms with Crippen LogP contribution in [0.3, 0.4) is 0 Å². The summed E-state index contributed by atoms with van der Waals surface area (Å²) in [6.45, 7) is 2.67. The molecule has 0 spiro atoms. The fourth-order valence-corrected chi connectivity index (χ4v) is 1.69.